The maximum atomic E-state index is 12.6. The van der Waals surface area contributed by atoms with E-state index in [-0.39, 0.29) is 12.5 Å². The largest absolute Gasteiger partial charge is 0.406 e. The van der Waals surface area contributed by atoms with Crippen molar-refractivity contribution in [1.82, 2.24) is 24.9 Å². The Balaban J connectivity index is 1.53. The molecule has 9 heteroatoms. The molecule has 2 fully saturated rings. The molecule has 0 spiro atoms. The SMILES string of the molecule is Cc1[nH]ncc1CN1CCN(C2CCCN(CC(F)(F)F)C2=O)CC1. The van der Waals surface area contributed by atoms with Gasteiger partial charge >= 0.3 is 6.18 Å². The summed E-state index contributed by atoms with van der Waals surface area (Å²) in [5.74, 6) is -0.372. The number of amides is 1. The molecular weight excluding hydrogens is 335 g/mol. The van der Waals surface area contributed by atoms with Crippen LogP contribution in [0.25, 0.3) is 0 Å². The average Bonchev–Trinajstić information content (AvgIpc) is 2.94. The minimum atomic E-state index is -4.33. The number of carbonyl (C=O) groups excluding carboxylic acids is 1. The number of carbonyl (C=O) groups is 1. The second-order valence-electron chi connectivity index (χ2n) is 6.87. The van der Waals surface area contributed by atoms with Gasteiger partial charge in [-0.1, -0.05) is 0 Å². The molecule has 1 aromatic rings. The third-order valence-corrected chi connectivity index (χ3v) is 5.05. The third kappa shape index (κ3) is 4.52. The number of H-pyrrole nitrogens is 1. The number of alkyl halides is 3. The Kier molecular flexibility index (Phi) is 5.33. The normalized spacial score (nSPS) is 24.1. The number of aromatic nitrogens is 2. The van der Waals surface area contributed by atoms with E-state index in [1.165, 1.54) is 0 Å². The van der Waals surface area contributed by atoms with Gasteiger partial charge in [0.2, 0.25) is 5.91 Å². The van der Waals surface area contributed by atoms with E-state index < -0.39 is 18.8 Å². The van der Waals surface area contributed by atoms with Crippen LogP contribution in [-0.4, -0.2) is 82.3 Å². The molecule has 3 rings (SSSR count). The van der Waals surface area contributed by atoms with E-state index in [0.717, 1.165) is 35.8 Å². The van der Waals surface area contributed by atoms with Crippen LogP contribution in [0.5, 0.6) is 0 Å². The van der Waals surface area contributed by atoms with Crippen molar-refractivity contribution in [3.8, 4) is 0 Å². The first-order chi connectivity index (χ1) is 11.8. The van der Waals surface area contributed by atoms with Crippen LogP contribution in [0.4, 0.5) is 13.2 Å². The molecule has 1 atom stereocenters. The number of aromatic amines is 1. The highest BCUT2D eigenvalue weighted by molar-refractivity contribution is 5.82. The summed E-state index contributed by atoms with van der Waals surface area (Å²) in [7, 11) is 0. The maximum absolute atomic E-state index is 12.6. The lowest BCUT2D eigenvalue weighted by Crippen LogP contribution is -2.58. The molecule has 1 unspecified atom stereocenters. The average molecular weight is 359 g/mol. The second-order valence-corrected chi connectivity index (χ2v) is 6.87. The topological polar surface area (TPSA) is 55.5 Å². The van der Waals surface area contributed by atoms with Crippen LogP contribution in [0.3, 0.4) is 0 Å². The Bertz CT molecular complexity index is 595. The lowest BCUT2D eigenvalue weighted by molar-refractivity contribution is -0.168. The van der Waals surface area contributed by atoms with Crippen molar-refractivity contribution in [2.75, 3.05) is 39.3 Å². The molecule has 0 aromatic carbocycles. The Morgan fingerprint density at radius 2 is 1.96 bits per heavy atom. The fourth-order valence-electron chi connectivity index (χ4n) is 3.64. The van der Waals surface area contributed by atoms with Crippen LogP contribution in [0.15, 0.2) is 6.20 Å². The molecule has 2 saturated heterocycles. The monoisotopic (exact) mass is 359 g/mol. The Hall–Kier alpha value is -1.61. The zero-order valence-electron chi connectivity index (χ0n) is 14.3. The van der Waals surface area contributed by atoms with Gasteiger partial charge in [0.05, 0.1) is 12.2 Å². The Morgan fingerprint density at radius 3 is 2.56 bits per heavy atom. The van der Waals surface area contributed by atoms with Crippen LogP contribution in [-0.2, 0) is 11.3 Å². The summed E-state index contributed by atoms with van der Waals surface area (Å²) in [5.41, 5.74) is 2.20. The summed E-state index contributed by atoms with van der Waals surface area (Å²) in [4.78, 5) is 17.7. The summed E-state index contributed by atoms with van der Waals surface area (Å²) in [6.07, 6.45) is -1.24. The van der Waals surface area contributed by atoms with Gasteiger partial charge in [0.1, 0.15) is 6.54 Å². The van der Waals surface area contributed by atoms with Gasteiger partial charge < -0.3 is 4.90 Å². The molecule has 0 bridgehead atoms. The van der Waals surface area contributed by atoms with E-state index in [4.69, 9.17) is 0 Å². The summed E-state index contributed by atoms with van der Waals surface area (Å²) in [6, 6.07) is -0.408. The molecule has 1 amide bonds. The van der Waals surface area contributed by atoms with Crippen LogP contribution in [0.1, 0.15) is 24.1 Å². The summed E-state index contributed by atoms with van der Waals surface area (Å²) < 4.78 is 37.9. The van der Waals surface area contributed by atoms with Gasteiger partial charge in [-0.2, -0.15) is 18.3 Å². The number of nitrogens with one attached hydrogen (secondary N) is 1. The summed E-state index contributed by atoms with van der Waals surface area (Å²) >= 11 is 0. The molecule has 2 aliphatic heterocycles. The van der Waals surface area contributed by atoms with Gasteiger partial charge in [-0.15, -0.1) is 0 Å². The number of rotatable bonds is 4. The first kappa shape index (κ1) is 18.2. The summed E-state index contributed by atoms with van der Waals surface area (Å²) in [5, 5.41) is 6.94. The van der Waals surface area contributed by atoms with Crippen LogP contribution < -0.4 is 0 Å². The maximum Gasteiger partial charge on any atom is 0.406 e. The smallest absolute Gasteiger partial charge is 0.332 e. The van der Waals surface area contributed by atoms with E-state index in [9.17, 15) is 18.0 Å². The Morgan fingerprint density at radius 1 is 1.24 bits per heavy atom. The quantitative estimate of drug-likeness (QED) is 0.883. The summed E-state index contributed by atoms with van der Waals surface area (Å²) in [6.45, 7) is 4.85. The number of aryl methyl sites for hydroxylation is 1. The zero-order chi connectivity index (χ0) is 18.0. The van der Waals surface area contributed by atoms with E-state index in [0.29, 0.717) is 25.9 Å². The molecular formula is C16H24F3N5O. The van der Waals surface area contributed by atoms with Crippen LogP contribution in [0.2, 0.25) is 0 Å². The minimum absolute atomic E-state index is 0.203. The molecule has 0 saturated carbocycles. The van der Waals surface area contributed by atoms with E-state index in [1.807, 2.05) is 18.0 Å². The van der Waals surface area contributed by atoms with Crippen molar-refractivity contribution in [2.45, 2.75) is 38.5 Å². The van der Waals surface area contributed by atoms with Gasteiger partial charge in [-0.05, 0) is 19.8 Å². The number of halogens is 3. The molecule has 6 nitrogen and oxygen atoms in total. The van der Waals surface area contributed by atoms with Gasteiger partial charge in [0, 0.05) is 50.5 Å². The van der Waals surface area contributed by atoms with Crippen molar-refractivity contribution in [1.29, 1.82) is 0 Å². The number of likely N-dealkylation sites (tertiary alicyclic amines) is 1. The van der Waals surface area contributed by atoms with Crippen molar-refractivity contribution < 1.29 is 18.0 Å². The van der Waals surface area contributed by atoms with Crippen molar-refractivity contribution in [3.05, 3.63) is 17.5 Å². The van der Waals surface area contributed by atoms with E-state index >= 15 is 0 Å². The molecule has 140 valence electrons. The number of hydrogen-bond donors (Lipinski definition) is 1. The fourth-order valence-corrected chi connectivity index (χ4v) is 3.64. The zero-order valence-corrected chi connectivity index (χ0v) is 14.3. The highest BCUT2D eigenvalue weighted by Crippen LogP contribution is 2.24. The predicted octanol–water partition coefficient (Wildman–Crippen LogP) is 1.39. The first-order valence-corrected chi connectivity index (χ1v) is 8.64. The lowest BCUT2D eigenvalue weighted by atomic mass is 10.0. The van der Waals surface area contributed by atoms with Crippen molar-refractivity contribution >= 4 is 5.91 Å². The number of piperazine rings is 1. The van der Waals surface area contributed by atoms with Gasteiger partial charge in [-0.25, -0.2) is 0 Å². The predicted molar refractivity (Wildman–Crippen MR) is 85.8 cm³/mol. The van der Waals surface area contributed by atoms with Crippen LogP contribution >= 0.6 is 0 Å². The standard InChI is InChI=1S/C16H24F3N5O/c1-12-13(9-20-21-12)10-22-5-7-23(8-6-22)14-3-2-4-24(15(14)25)11-16(17,18)19/h9,14H,2-8,10-11H2,1H3,(H,20,21). The molecule has 25 heavy (non-hydrogen) atoms. The van der Waals surface area contributed by atoms with Crippen LogP contribution in [0, 0.1) is 6.92 Å². The van der Waals surface area contributed by atoms with Gasteiger partial charge in [0.15, 0.2) is 0 Å². The molecule has 3 heterocycles. The lowest BCUT2D eigenvalue weighted by Gasteiger charge is -2.42. The number of hydrogen-bond acceptors (Lipinski definition) is 4. The molecule has 2 aliphatic rings. The fraction of sp³-hybridized carbons (Fsp3) is 0.750. The van der Waals surface area contributed by atoms with Crippen molar-refractivity contribution in [3.63, 3.8) is 0 Å². The highest BCUT2D eigenvalue weighted by Gasteiger charge is 2.39. The number of piperidine rings is 1. The molecule has 0 aliphatic carbocycles. The minimum Gasteiger partial charge on any atom is -0.332 e. The van der Waals surface area contributed by atoms with E-state index in [2.05, 4.69) is 15.1 Å². The third-order valence-electron chi connectivity index (χ3n) is 5.05. The first-order valence-electron chi connectivity index (χ1n) is 8.64. The molecule has 1 aromatic heterocycles. The molecule has 0 radical (unpaired) electrons. The van der Waals surface area contributed by atoms with Crippen molar-refractivity contribution in [2.24, 2.45) is 0 Å². The Labute approximate surface area is 144 Å². The number of nitrogens with zero attached hydrogens (tertiary/aromatic N) is 4. The second kappa shape index (κ2) is 7.33. The van der Waals surface area contributed by atoms with E-state index in [1.54, 1.807) is 0 Å². The molecule has 1 N–H and O–H groups in total. The van der Waals surface area contributed by atoms with Gasteiger partial charge in [-0.3, -0.25) is 19.7 Å². The van der Waals surface area contributed by atoms with Gasteiger partial charge in [0.25, 0.3) is 0 Å². The highest BCUT2D eigenvalue weighted by atomic mass is 19.4.